The molecule has 0 radical (unpaired) electrons. The van der Waals surface area contributed by atoms with E-state index in [2.05, 4.69) is 106 Å². The van der Waals surface area contributed by atoms with Crippen molar-refractivity contribution < 1.29 is 28.6 Å². The Hall–Kier alpha value is -3.41. The van der Waals surface area contributed by atoms with Crippen molar-refractivity contribution in [2.24, 2.45) is 0 Å². The van der Waals surface area contributed by atoms with Gasteiger partial charge in [0, 0.05) is 19.3 Å². The smallest absolute Gasteiger partial charge is 0.306 e. The minimum absolute atomic E-state index is 0.0823. The Bertz CT molecular complexity index is 1430. The van der Waals surface area contributed by atoms with Crippen LogP contribution in [0.4, 0.5) is 0 Å². The Labute approximate surface area is 465 Å². The van der Waals surface area contributed by atoms with Gasteiger partial charge < -0.3 is 14.2 Å². The van der Waals surface area contributed by atoms with Crippen molar-refractivity contribution in [2.45, 2.75) is 322 Å². The molecule has 0 fully saturated rings. The van der Waals surface area contributed by atoms with Crippen molar-refractivity contribution >= 4 is 17.9 Å². The van der Waals surface area contributed by atoms with Crippen molar-refractivity contribution in [2.75, 3.05) is 13.2 Å². The lowest BCUT2D eigenvalue weighted by atomic mass is 10.0. The van der Waals surface area contributed by atoms with E-state index in [9.17, 15) is 14.4 Å². The topological polar surface area (TPSA) is 78.9 Å². The van der Waals surface area contributed by atoms with Gasteiger partial charge in [-0.05, 0) is 116 Å². The third-order valence-electron chi connectivity index (χ3n) is 13.9. The first-order valence-electron chi connectivity index (χ1n) is 32.1. The van der Waals surface area contributed by atoms with Gasteiger partial charge in [-0.25, -0.2) is 0 Å². The second-order valence-electron chi connectivity index (χ2n) is 21.3. The van der Waals surface area contributed by atoms with E-state index in [-0.39, 0.29) is 31.1 Å². The van der Waals surface area contributed by atoms with E-state index in [1.54, 1.807) is 0 Å². The van der Waals surface area contributed by atoms with Gasteiger partial charge in [0.2, 0.25) is 0 Å². The fourth-order valence-electron chi connectivity index (χ4n) is 9.05. The van der Waals surface area contributed by atoms with E-state index in [0.29, 0.717) is 19.3 Å². The molecule has 0 amide bonds. The fourth-order valence-corrected chi connectivity index (χ4v) is 9.05. The molecule has 0 aromatic rings. The summed E-state index contributed by atoms with van der Waals surface area (Å²) >= 11 is 0. The van der Waals surface area contributed by atoms with E-state index in [1.807, 2.05) is 0 Å². The lowest BCUT2D eigenvalue weighted by Crippen LogP contribution is -2.30. The molecule has 1 unspecified atom stereocenters. The maximum atomic E-state index is 12.9. The number of rotatable bonds is 58. The SMILES string of the molecule is CC/C=C\C/C=C\C/C=C\C/C=C\CCCCCCCCCCCCCCC(=O)OCC(COC(=O)CCCCCCC/C=C\C/C=C\CCCCC)OC(=O)CCCCCCCCC/C=C\CCCCCCCC. The summed E-state index contributed by atoms with van der Waals surface area (Å²) in [6, 6.07) is 0. The maximum Gasteiger partial charge on any atom is 0.306 e. The highest BCUT2D eigenvalue weighted by Crippen LogP contribution is 2.16. The molecule has 1 atom stereocenters. The minimum atomic E-state index is -0.786. The lowest BCUT2D eigenvalue weighted by Gasteiger charge is -2.18. The van der Waals surface area contributed by atoms with Crippen LogP contribution in [0.5, 0.6) is 0 Å². The zero-order valence-corrected chi connectivity index (χ0v) is 49.6. The number of hydrogen-bond donors (Lipinski definition) is 0. The molecule has 0 aromatic heterocycles. The highest BCUT2D eigenvalue weighted by molar-refractivity contribution is 5.71. The number of esters is 3. The average molecular weight is 1050 g/mol. The van der Waals surface area contributed by atoms with Crippen LogP contribution < -0.4 is 0 Å². The quantitative estimate of drug-likeness (QED) is 0.0261. The summed E-state index contributed by atoms with van der Waals surface area (Å²) in [6.07, 6.45) is 83.0. The van der Waals surface area contributed by atoms with Crippen molar-refractivity contribution in [3.05, 3.63) is 85.1 Å². The summed E-state index contributed by atoms with van der Waals surface area (Å²) in [5, 5.41) is 0. The summed E-state index contributed by atoms with van der Waals surface area (Å²) < 4.78 is 16.9. The number of carbonyl (C=O) groups excluding carboxylic acids is 3. The van der Waals surface area contributed by atoms with Crippen LogP contribution in [0.25, 0.3) is 0 Å². The summed E-state index contributed by atoms with van der Waals surface area (Å²) in [6.45, 7) is 6.51. The van der Waals surface area contributed by atoms with Crippen molar-refractivity contribution in [1.82, 2.24) is 0 Å². The van der Waals surface area contributed by atoms with Crippen LogP contribution in [-0.4, -0.2) is 37.2 Å². The van der Waals surface area contributed by atoms with Gasteiger partial charge in [-0.2, -0.15) is 0 Å². The van der Waals surface area contributed by atoms with Gasteiger partial charge in [-0.1, -0.05) is 266 Å². The molecule has 6 nitrogen and oxygen atoms in total. The molecule has 0 spiro atoms. The summed E-state index contributed by atoms with van der Waals surface area (Å²) in [4.78, 5) is 38.3. The Balaban J connectivity index is 4.33. The molecule has 0 saturated carbocycles. The first-order valence-corrected chi connectivity index (χ1v) is 32.1. The van der Waals surface area contributed by atoms with Crippen molar-refractivity contribution in [3.8, 4) is 0 Å². The fraction of sp³-hybridized carbons (Fsp3) is 0.754. The third kappa shape index (κ3) is 61.3. The predicted molar refractivity (Wildman–Crippen MR) is 325 cm³/mol. The maximum absolute atomic E-state index is 12.9. The Morgan fingerprint density at radius 3 is 0.853 bits per heavy atom. The molecule has 0 aliphatic rings. The molecule has 0 aliphatic heterocycles. The van der Waals surface area contributed by atoms with E-state index >= 15 is 0 Å². The molecule has 6 heteroatoms. The van der Waals surface area contributed by atoms with Crippen LogP contribution in [0.2, 0.25) is 0 Å². The van der Waals surface area contributed by atoms with Gasteiger partial charge in [0.1, 0.15) is 13.2 Å². The normalized spacial score (nSPS) is 12.6. The van der Waals surface area contributed by atoms with Gasteiger partial charge in [0.15, 0.2) is 6.10 Å². The van der Waals surface area contributed by atoms with Crippen LogP contribution in [0, 0.1) is 0 Å². The highest BCUT2D eigenvalue weighted by Gasteiger charge is 2.19. The zero-order valence-electron chi connectivity index (χ0n) is 49.6. The average Bonchev–Trinajstić information content (AvgIpc) is 3.41. The van der Waals surface area contributed by atoms with Crippen LogP contribution in [0.15, 0.2) is 85.1 Å². The molecule has 0 N–H and O–H groups in total. The van der Waals surface area contributed by atoms with Gasteiger partial charge in [-0.15, -0.1) is 0 Å². The molecular weight excluding hydrogens is 925 g/mol. The van der Waals surface area contributed by atoms with Gasteiger partial charge in [0.05, 0.1) is 0 Å². The molecule has 0 aliphatic carbocycles. The molecule has 0 saturated heterocycles. The van der Waals surface area contributed by atoms with Gasteiger partial charge in [0.25, 0.3) is 0 Å². The number of unbranched alkanes of at least 4 members (excludes halogenated alkanes) is 33. The summed E-state index contributed by atoms with van der Waals surface area (Å²) in [5.41, 5.74) is 0. The number of carbonyl (C=O) groups is 3. The second kappa shape index (κ2) is 63.1. The van der Waals surface area contributed by atoms with E-state index < -0.39 is 6.10 Å². The largest absolute Gasteiger partial charge is 0.462 e. The van der Waals surface area contributed by atoms with Crippen LogP contribution in [0.3, 0.4) is 0 Å². The molecule has 0 heterocycles. The Kier molecular flexibility index (Phi) is 60.3. The van der Waals surface area contributed by atoms with E-state index in [0.717, 1.165) is 103 Å². The molecule has 432 valence electrons. The number of allylic oxidation sites excluding steroid dienone is 14. The zero-order chi connectivity index (χ0) is 54.3. The lowest BCUT2D eigenvalue weighted by molar-refractivity contribution is -0.167. The number of hydrogen-bond acceptors (Lipinski definition) is 6. The summed E-state index contributed by atoms with van der Waals surface area (Å²) in [5.74, 6) is -0.890. The third-order valence-corrected chi connectivity index (χ3v) is 13.9. The molecule has 0 aromatic carbocycles. The summed E-state index contributed by atoms with van der Waals surface area (Å²) in [7, 11) is 0. The van der Waals surface area contributed by atoms with Crippen LogP contribution >= 0.6 is 0 Å². The molecular formula is C69H120O6. The monoisotopic (exact) mass is 1040 g/mol. The van der Waals surface area contributed by atoms with Crippen molar-refractivity contribution in [1.29, 1.82) is 0 Å². The van der Waals surface area contributed by atoms with Gasteiger partial charge >= 0.3 is 17.9 Å². The van der Waals surface area contributed by atoms with E-state index in [4.69, 9.17) is 14.2 Å². The molecule has 0 rings (SSSR count). The molecule has 0 bridgehead atoms. The standard InChI is InChI=1S/C69H120O6/c1-4-7-10-13-16-19-22-25-28-30-31-32-33-34-35-36-37-39-41-44-47-50-53-56-59-62-68(71)74-65-66(64-73-67(70)61-58-55-52-49-46-43-40-27-24-21-18-15-12-9-6-3)75-69(72)63-60-57-54-51-48-45-42-38-29-26-23-20-17-14-11-8-5-2/h7,10,16,18-19,21,25-29,31-32,40,66H,4-6,8-9,11-15,17,20,22-24,30,33-39,41-65H2,1-3H3/b10-7-,19-16-,21-18-,28-25-,29-26-,32-31-,40-27-. The minimum Gasteiger partial charge on any atom is -0.462 e. The second-order valence-corrected chi connectivity index (χ2v) is 21.3. The molecule has 75 heavy (non-hydrogen) atoms. The van der Waals surface area contributed by atoms with Gasteiger partial charge in [-0.3, -0.25) is 14.4 Å². The highest BCUT2D eigenvalue weighted by atomic mass is 16.6. The predicted octanol–water partition coefficient (Wildman–Crippen LogP) is 21.9. The Morgan fingerprint density at radius 2 is 0.520 bits per heavy atom. The first-order chi connectivity index (χ1) is 37.0. The first kappa shape index (κ1) is 71.6. The van der Waals surface area contributed by atoms with E-state index in [1.165, 1.54) is 173 Å². The number of ether oxygens (including phenoxy) is 3. The van der Waals surface area contributed by atoms with Crippen molar-refractivity contribution in [3.63, 3.8) is 0 Å². The van der Waals surface area contributed by atoms with Crippen LogP contribution in [0.1, 0.15) is 316 Å². The van der Waals surface area contributed by atoms with Crippen LogP contribution in [-0.2, 0) is 28.6 Å². The Morgan fingerprint density at radius 1 is 0.280 bits per heavy atom.